The maximum atomic E-state index is 13.3. The maximum Gasteiger partial charge on any atom is 0.126 e. The fourth-order valence-electron chi connectivity index (χ4n) is 1.30. The van der Waals surface area contributed by atoms with Gasteiger partial charge in [-0.15, -0.1) is 0 Å². The van der Waals surface area contributed by atoms with Gasteiger partial charge in [-0.1, -0.05) is 11.6 Å². The van der Waals surface area contributed by atoms with E-state index in [1.54, 1.807) is 24.8 Å². The predicted molar refractivity (Wildman–Crippen MR) is 64.1 cm³/mol. The molecule has 0 saturated heterocycles. The lowest BCUT2D eigenvalue weighted by molar-refractivity contribution is 0.174. The van der Waals surface area contributed by atoms with E-state index in [4.69, 9.17) is 11.6 Å². The van der Waals surface area contributed by atoms with Crippen LogP contribution in [-0.4, -0.2) is 17.1 Å². The highest BCUT2D eigenvalue weighted by Gasteiger charge is 2.13. The number of benzene rings is 1. The standard InChI is InChI=1S/C11H14ClFOS/c1-7-5-9(12)8(6-10(7)13)11(14)3-4-15-2/h5-6,11,14H,3-4H2,1-2H3. The fraction of sp³-hybridized carbons (Fsp3) is 0.455. The van der Waals surface area contributed by atoms with Gasteiger partial charge in [0.05, 0.1) is 6.10 Å². The molecule has 0 spiro atoms. The van der Waals surface area contributed by atoms with E-state index in [-0.39, 0.29) is 5.82 Å². The minimum absolute atomic E-state index is 0.322. The fourth-order valence-corrected chi connectivity index (χ4v) is 2.11. The number of halogens is 2. The Bertz CT molecular complexity index is 344. The zero-order valence-electron chi connectivity index (χ0n) is 8.76. The molecule has 0 amide bonds. The van der Waals surface area contributed by atoms with Gasteiger partial charge in [-0.2, -0.15) is 11.8 Å². The topological polar surface area (TPSA) is 20.2 Å². The second-order valence-corrected chi connectivity index (χ2v) is 4.81. The zero-order valence-corrected chi connectivity index (χ0v) is 10.3. The van der Waals surface area contributed by atoms with Gasteiger partial charge in [0.25, 0.3) is 0 Å². The number of rotatable bonds is 4. The summed E-state index contributed by atoms with van der Waals surface area (Å²) in [6.07, 6.45) is 1.87. The highest BCUT2D eigenvalue weighted by Crippen LogP contribution is 2.28. The molecule has 0 fully saturated rings. The third-order valence-electron chi connectivity index (χ3n) is 2.23. The minimum Gasteiger partial charge on any atom is -0.388 e. The van der Waals surface area contributed by atoms with Crippen LogP contribution in [0.15, 0.2) is 12.1 Å². The van der Waals surface area contributed by atoms with E-state index in [1.807, 2.05) is 6.26 Å². The Hall–Kier alpha value is -0.250. The highest BCUT2D eigenvalue weighted by molar-refractivity contribution is 7.98. The van der Waals surface area contributed by atoms with Crippen molar-refractivity contribution >= 4 is 23.4 Å². The third-order valence-corrected chi connectivity index (χ3v) is 3.20. The summed E-state index contributed by atoms with van der Waals surface area (Å²) in [5, 5.41) is 10.2. The van der Waals surface area contributed by atoms with Gasteiger partial charge in [-0.05, 0) is 43.0 Å². The van der Waals surface area contributed by atoms with Crippen LogP contribution in [0.1, 0.15) is 23.7 Å². The summed E-state index contributed by atoms with van der Waals surface area (Å²) < 4.78 is 13.3. The summed E-state index contributed by atoms with van der Waals surface area (Å²) in [6, 6.07) is 2.87. The summed E-state index contributed by atoms with van der Waals surface area (Å²) in [5.41, 5.74) is 0.981. The molecule has 0 aliphatic heterocycles. The summed E-state index contributed by atoms with van der Waals surface area (Å²) in [5.74, 6) is 0.505. The summed E-state index contributed by atoms with van der Waals surface area (Å²) >= 11 is 7.58. The average molecular weight is 249 g/mol. The lowest BCUT2D eigenvalue weighted by Crippen LogP contribution is -2.01. The molecule has 1 aromatic carbocycles. The smallest absolute Gasteiger partial charge is 0.126 e. The Morgan fingerprint density at radius 1 is 1.53 bits per heavy atom. The molecule has 4 heteroatoms. The Labute approximate surface area is 98.6 Å². The van der Waals surface area contributed by atoms with Crippen molar-refractivity contribution in [3.05, 3.63) is 34.1 Å². The molecule has 0 radical (unpaired) electrons. The molecule has 84 valence electrons. The van der Waals surface area contributed by atoms with Gasteiger partial charge < -0.3 is 5.11 Å². The molecule has 0 bridgehead atoms. The molecule has 1 rings (SSSR count). The monoisotopic (exact) mass is 248 g/mol. The Kier molecular flexibility index (Phi) is 4.90. The van der Waals surface area contributed by atoms with Crippen LogP contribution >= 0.6 is 23.4 Å². The number of aliphatic hydroxyl groups is 1. The van der Waals surface area contributed by atoms with Gasteiger partial charge in [-0.3, -0.25) is 0 Å². The first kappa shape index (κ1) is 12.8. The molecule has 1 N–H and O–H groups in total. The van der Waals surface area contributed by atoms with Crippen molar-refractivity contribution in [1.82, 2.24) is 0 Å². The molecule has 1 atom stereocenters. The van der Waals surface area contributed by atoms with Crippen LogP contribution in [0, 0.1) is 12.7 Å². The van der Waals surface area contributed by atoms with Crippen LogP contribution < -0.4 is 0 Å². The Morgan fingerprint density at radius 3 is 2.80 bits per heavy atom. The number of hydrogen-bond donors (Lipinski definition) is 1. The molecular weight excluding hydrogens is 235 g/mol. The van der Waals surface area contributed by atoms with E-state index in [0.717, 1.165) is 5.75 Å². The first-order chi connectivity index (χ1) is 7.06. The van der Waals surface area contributed by atoms with Gasteiger partial charge in [0, 0.05) is 10.6 Å². The second-order valence-electron chi connectivity index (χ2n) is 3.42. The lowest BCUT2D eigenvalue weighted by Gasteiger charge is -2.13. The maximum absolute atomic E-state index is 13.3. The van der Waals surface area contributed by atoms with Crippen molar-refractivity contribution in [3.63, 3.8) is 0 Å². The first-order valence-electron chi connectivity index (χ1n) is 4.68. The van der Waals surface area contributed by atoms with E-state index in [1.165, 1.54) is 6.07 Å². The molecule has 1 aromatic rings. The van der Waals surface area contributed by atoms with Crippen molar-refractivity contribution in [3.8, 4) is 0 Å². The van der Waals surface area contributed by atoms with E-state index in [9.17, 15) is 9.50 Å². The Morgan fingerprint density at radius 2 is 2.20 bits per heavy atom. The molecule has 0 aliphatic rings. The van der Waals surface area contributed by atoms with E-state index in [2.05, 4.69) is 0 Å². The van der Waals surface area contributed by atoms with Crippen LogP contribution in [0.3, 0.4) is 0 Å². The van der Waals surface area contributed by atoms with Crippen molar-refractivity contribution in [2.75, 3.05) is 12.0 Å². The van der Waals surface area contributed by atoms with Crippen LogP contribution in [0.2, 0.25) is 5.02 Å². The predicted octanol–water partition coefficient (Wildman–Crippen LogP) is 3.57. The molecule has 15 heavy (non-hydrogen) atoms. The van der Waals surface area contributed by atoms with E-state index >= 15 is 0 Å². The average Bonchev–Trinajstić information content (AvgIpc) is 2.20. The third kappa shape index (κ3) is 3.37. The SMILES string of the molecule is CSCCC(O)c1cc(F)c(C)cc1Cl. The normalized spacial score (nSPS) is 12.9. The molecule has 1 unspecified atom stereocenters. The van der Waals surface area contributed by atoms with Crippen LogP contribution in [-0.2, 0) is 0 Å². The van der Waals surface area contributed by atoms with Gasteiger partial charge in [0.1, 0.15) is 5.82 Å². The second kappa shape index (κ2) is 5.73. The number of aryl methyl sites for hydroxylation is 1. The van der Waals surface area contributed by atoms with E-state index < -0.39 is 6.10 Å². The molecule has 0 aromatic heterocycles. The molecular formula is C11H14ClFOS. The number of aliphatic hydroxyl groups excluding tert-OH is 1. The van der Waals surface area contributed by atoms with Crippen molar-refractivity contribution in [2.45, 2.75) is 19.4 Å². The van der Waals surface area contributed by atoms with Crippen molar-refractivity contribution < 1.29 is 9.50 Å². The first-order valence-corrected chi connectivity index (χ1v) is 6.46. The summed E-state index contributed by atoms with van der Waals surface area (Å²) in [6.45, 7) is 1.65. The van der Waals surface area contributed by atoms with Crippen molar-refractivity contribution in [1.29, 1.82) is 0 Å². The van der Waals surface area contributed by atoms with Crippen LogP contribution in [0.25, 0.3) is 0 Å². The van der Waals surface area contributed by atoms with Gasteiger partial charge in [0.15, 0.2) is 0 Å². The highest BCUT2D eigenvalue weighted by atomic mass is 35.5. The van der Waals surface area contributed by atoms with E-state index in [0.29, 0.717) is 22.6 Å². The molecule has 0 aliphatic carbocycles. The number of hydrogen-bond acceptors (Lipinski definition) is 2. The lowest BCUT2D eigenvalue weighted by atomic mass is 10.1. The molecule has 0 heterocycles. The zero-order chi connectivity index (χ0) is 11.4. The molecule has 0 saturated carbocycles. The van der Waals surface area contributed by atoms with Crippen LogP contribution in [0.5, 0.6) is 0 Å². The largest absolute Gasteiger partial charge is 0.388 e. The molecule has 1 nitrogen and oxygen atoms in total. The Balaban J connectivity index is 2.88. The minimum atomic E-state index is -0.681. The van der Waals surface area contributed by atoms with Gasteiger partial charge in [-0.25, -0.2) is 4.39 Å². The summed E-state index contributed by atoms with van der Waals surface area (Å²) in [4.78, 5) is 0. The van der Waals surface area contributed by atoms with Gasteiger partial charge in [0.2, 0.25) is 0 Å². The quantitative estimate of drug-likeness (QED) is 0.879. The van der Waals surface area contributed by atoms with Gasteiger partial charge >= 0.3 is 0 Å². The summed E-state index contributed by atoms with van der Waals surface area (Å²) in [7, 11) is 0. The number of thioether (sulfide) groups is 1. The van der Waals surface area contributed by atoms with Crippen LogP contribution in [0.4, 0.5) is 4.39 Å². The van der Waals surface area contributed by atoms with Crippen molar-refractivity contribution in [2.24, 2.45) is 0 Å².